The van der Waals surface area contributed by atoms with Gasteiger partial charge in [0.15, 0.2) is 5.54 Å². The largest absolute Gasteiger partial charge is 0.479 e. The number of thioether (sulfide) groups is 1. The predicted molar refractivity (Wildman–Crippen MR) is 89.8 cm³/mol. The van der Waals surface area contributed by atoms with E-state index in [1.807, 2.05) is 12.1 Å². The second kappa shape index (κ2) is 6.93. The lowest BCUT2D eigenvalue weighted by Crippen LogP contribution is -2.55. The van der Waals surface area contributed by atoms with Crippen LogP contribution in [0, 0.1) is 0 Å². The van der Waals surface area contributed by atoms with Crippen LogP contribution in [0.5, 0.6) is 0 Å². The molecule has 0 aliphatic carbocycles. The number of hydrogen-bond acceptors (Lipinski definition) is 4. The van der Waals surface area contributed by atoms with Crippen molar-refractivity contribution < 1.29 is 19.4 Å². The summed E-state index contributed by atoms with van der Waals surface area (Å²) in [7, 11) is 0. The Bertz CT molecular complexity index is 571. The molecule has 1 aliphatic heterocycles. The number of rotatable bonds is 5. The lowest BCUT2D eigenvalue weighted by Gasteiger charge is -2.23. The summed E-state index contributed by atoms with van der Waals surface area (Å²) in [6.45, 7) is 6.83. The first-order valence-corrected chi connectivity index (χ1v) is 8.57. The molecule has 1 amide bonds. The van der Waals surface area contributed by atoms with Gasteiger partial charge in [0.1, 0.15) is 0 Å². The van der Waals surface area contributed by atoms with Crippen molar-refractivity contribution in [3.05, 3.63) is 29.8 Å². The monoisotopic (exact) mass is 337 g/mol. The molecule has 1 unspecified atom stereocenters. The van der Waals surface area contributed by atoms with E-state index in [2.05, 4.69) is 38.2 Å². The lowest BCUT2D eigenvalue weighted by molar-refractivity contribution is -0.147. The number of carbonyl (C=O) groups excluding carboxylic acids is 1. The lowest BCUT2D eigenvalue weighted by atomic mass is 9.87. The third-order valence-corrected chi connectivity index (χ3v) is 4.91. The molecule has 0 saturated carbocycles. The zero-order chi connectivity index (χ0) is 17.1. The Morgan fingerprint density at radius 3 is 2.43 bits per heavy atom. The molecule has 1 heterocycles. The van der Waals surface area contributed by atoms with Gasteiger partial charge in [0.05, 0.1) is 12.4 Å². The molecule has 1 aromatic rings. The van der Waals surface area contributed by atoms with Crippen LogP contribution in [0.3, 0.4) is 0 Å². The van der Waals surface area contributed by atoms with Crippen molar-refractivity contribution in [2.75, 3.05) is 19.0 Å². The summed E-state index contributed by atoms with van der Waals surface area (Å²) in [5.41, 5.74) is 0.0595. The van der Waals surface area contributed by atoms with E-state index in [1.165, 1.54) is 17.3 Å². The summed E-state index contributed by atoms with van der Waals surface area (Å²) in [5, 5.41) is 11.9. The Labute approximate surface area is 140 Å². The molecule has 1 saturated heterocycles. The molecule has 0 radical (unpaired) electrons. The van der Waals surface area contributed by atoms with Crippen LogP contribution in [0.25, 0.3) is 0 Å². The molecule has 0 aromatic heterocycles. The second-order valence-corrected chi connectivity index (χ2v) is 7.85. The zero-order valence-electron chi connectivity index (χ0n) is 13.7. The Balaban J connectivity index is 1.90. The molecule has 2 rings (SSSR count). The van der Waals surface area contributed by atoms with Crippen molar-refractivity contribution in [3.8, 4) is 0 Å². The molecule has 126 valence electrons. The smallest absolute Gasteiger partial charge is 0.331 e. The van der Waals surface area contributed by atoms with Gasteiger partial charge in [-0.25, -0.2) is 4.79 Å². The maximum absolute atomic E-state index is 12.1. The van der Waals surface area contributed by atoms with E-state index in [0.717, 1.165) is 4.90 Å². The van der Waals surface area contributed by atoms with Crippen LogP contribution in [0.1, 0.15) is 32.8 Å². The van der Waals surface area contributed by atoms with Gasteiger partial charge in [0, 0.05) is 17.9 Å². The van der Waals surface area contributed by atoms with Gasteiger partial charge in [0.25, 0.3) is 0 Å². The molecular formula is C17H23NO4S. The van der Waals surface area contributed by atoms with Crippen molar-refractivity contribution in [3.63, 3.8) is 0 Å². The van der Waals surface area contributed by atoms with Gasteiger partial charge in [-0.1, -0.05) is 32.9 Å². The fourth-order valence-electron chi connectivity index (χ4n) is 2.39. The fraction of sp³-hybridized carbons (Fsp3) is 0.529. The van der Waals surface area contributed by atoms with Gasteiger partial charge in [-0.15, -0.1) is 11.8 Å². The van der Waals surface area contributed by atoms with E-state index in [9.17, 15) is 14.7 Å². The SMILES string of the molecule is CC(C)(C)c1ccc(SCC(=O)NC2(C(=O)O)CCOC2)cc1. The second-order valence-electron chi connectivity index (χ2n) is 6.80. The summed E-state index contributed by atoms with van der Waals surface area (Å²) in [6, 6.07) is 8.10. The summed E-state index contributed by atoms with van der Waals surface area (Å²) in [6.07, 6.45) is 0.305. The molecule has 0 spiro atoms. The number of carboxylic acid groups (broad SMARTS) is 1. The maximum atomic E-state index is 12.1. The third kappa shape index (κ3) is 4.48. The quantitative estimate of drug-likeness (QED) is 0.807. The molecule has 23 heavy (non-hydrogen) atoms. The minimum absolute atomic E-state index is 0.0268. The fourth-order valence-corrected chi connectivity index (χ4v) is 3.09. The summed E-state index contributed by atoms with van der Waals surface area (Å²) >= 11 is 1.40. The summed E-state index contributed by atoms with van der Waals surface area (Å²) in [4.78, 5) is 24.4. The summed E-state index contributed by atoms with van der Waals surface area (Å²) < 4.78 is 5.13. The number of aliphatic carboxylic acids is 1. The number of nitrogens with one attached hydrogen (secondary N) is 1. The number of carboxylic acids is 1. The van der Waals surface area contributed by atoms with Crippen LogP contribution in [0.4, 0.5) is 0 Å². The molecule has 1 atom stereocenters. The number of hydrogen-bond donors (Lipinski definition) is 2. The highest BCUT2D eigenvalue weighted by Crippen LogP contribution is 2.26. The van der Waals surface area contributed by atoms with Crippen LogP contribution in [-0.2, 0) is 19.7 Å². The minimum atomic E-state index is -1.27. The van der Waals surface area contributed by atoms with E-state index >= 15 is 0 Å². The van der Waals surface area contributed by atoms with E-state index in [1.54, 1.807) is 0 Å². The van der Waals surface area contributed by atoms with Crippen molar-refractivity contribution >= 4 is 23.6 Å². The highest BCUT2D eigenvalue weighted by Gasteiger charge is 2.43. The Kier molecular flexibility index (Phi) is 5.37. The molecule has 1 fully saturated rings. The number of amides is 1. The average molecular weight is 337 g/mol. The van der Waals surface area contributed by atoms with Crippen molar-refractivity contribution in [2.24, 2.45) is 0 Å². The molecule has 5 nitrogen and oxygen atoms in total. The van der Waals surface area contributed by atoms with Crippen LogP contribution < -0.4 is 5.32 Å². The van der Waals surface area contributed by atoms with Gasteiger partial charge < -0.3 is 15.2 Å². The van der Waals surface area contributed by atoms with Crippen molar-refractivity contribution in [2.45, 2.75) is 43.0 Å². The van der Waals surface area contributed by atoms with Crippen LogP contribution >= 0.6 is 11.8 Å². The van der Waals surface area contributed by atoms with E-state index in [4.69, 9.17) is 4.74 Å². The topological polar surface area (TPSA) is 75.6 Å². The first-order chi connectivity index (χ1) is 10.7. The predicted octanol–water partition coefficient (Wildman–Crippen LogP) is 2.44. The Morgan fingerprint density at radius 1 is 1.30 bits per heavy atom. The average Bonchev–Trinajstić information content (AvgIpc) is 2.94. The van der Waals surface area contributed by atoms with Crippen LogP contribution in [0.2, 0.25) is 0 Å². The standard InChI is InChI=1S/C17H23NO4S/c1-16(2,3)12-4-6-13(7-5-12)23-10-14(19)18-17(15(20)21)8-9-22-11-17/h4-7H,8-11H2,1-3H3,(H,18,19)(H,20,21). The number of ether oxygens (including phenoxy) is 1. The highest BCUT2D eigenvalue weighted by molar-refractivity contribution is 8.00. The molecular weight excluding hydrogens is 314 g/mol. The summed E-state index contributed by atoms with van der Waals surface area (Å²) in [5.74, 6) is -1.14. The number of benzene rings is 1. The van der Waals surface area contributed by atoms with E-state index in [0.29, 0.717) is 13.0 Å². The molecule has 1 aliphatic rings. The van der Waals surface area contributed by atoms with Gasteiger partial charge in [0.2, 0.25) is 5.91 Å². The Hall–Kier alpha value is -1.53. The van der Waals surface area contributed by atoms with Crippen LogP contribution in [-0.4, -0.2) is 41.5 Å². The molecule has 0 bridgehead atoms. The van der Waals surface area contributed by atoms with E-state index in [-0.39, 0.29) is 23.7 Å². The molecule has 6 heteroatoms. The number of carbonyl (C=O) groups is 2. The Morgan fingerprint density at radius 2 is 1.96 bits per heavy atom. The maximum Gasteiger partial charge on any atom is 0.331 e. The third-order valence-electron chi connectivity index (χ3n) is 3.90. The van der Waals surface area contributed by atoms with Gasteiger partial charge in [-0.05, 0) is 23.1 Å². The first kappa shape index (κ1) is 17.8. The van der Waals surface area contributed by atoms with E-state index < -0.39 is 11.5 Å². The van der Waals surface area contributed by atoms with Gasteiger partial charge >= 0.3 is 5.97 Å². The van der Waals surface area contributed by atoms with Crippen molar-refractivity contribution in [1.29, 1.82) is 0 Å². The molecule has 2 N–H and O–H groups in total. The van der Waals surface area contributed by atoms with Gasteiger partial charge in [-0.3, -0.25) is 4.79 Å². The highest BCUT2D eigenvalue weighted by atomic mass is 32.2. The normalized spacial score (nSPS) is 21.2. The minimum Gasteiger partial charge on any atom is -0.479 e. The van der Waals surface area contributed by atoms with Crippen LogP contribution in [0.15, 0.2) is 29.2 Å². The first-order valence-electron chi connectivity index (χ1n) is 7.58. The van der Waals surface area contributed by atoms with Gasteiger partial charge in [-0.2, -0.15) is 0 Å². The molecule has 1 aromatic carbocycles. The van der Waals surface area contributed by atoms with Crippen molar-refractivity contribution in [1.82, 2.24) is 5.32 Å². The zero-order valence-corrected chi connectivity index (χ0v) is 14.5.